The van der Waals surface area contributed by atoms with Crippen molar-refractivity contribution in [3.63, 3.8) is 0 Å². The van der Waals surface area contributed by atoms with Gasteiger partial charge in [0.25, 0.3) is 0 Å². The Bertz CT molecular complexity index is 715. The van der Waals surface area contributed by atoms with E-state index in [1.54, 1.807) is 5.57 Å². The molecule has 5 rings (SSSR count). The number of fused-ring (bicyclic) bond motifs is 7. The first-order valence-electron chi connectivity index (χ1n) is 11.1. The SMILES string of the molecule is CC(=O)O[C@H]1CC[C@@]2(C)C(=CC[C@H]3[C@@H]4C[C@@H]5N=N[C@@H](C)[C@@H]5[C@@]4(C)CC[C@@H]32)C1. The van der Waals surface area contributed by atoms with Gasteiger partial charge in [-0.25, -0.2) is 0 Å². The van der Waals surface area contributed by atoms with Crippen LogP contribution in [-0.2, 0) is 9.53 Å². The Hall–Kier alpha value is -1.19. The van der Waals surface area contributed by atoms with Crippen LogP contribution in [0, 0.1) is 34.5 Å². The van der Waals surface area contributed by atoms with Gasteiger partial charge in [0.05, 0.1) is 12.1 Å². The molecular formula is C23H34N2O2. The second-order valence-electron chi connectivity index (χ2n) is 10.6. The Labute approximate surface area is 163 Å². The first-order chi connectivity index (χ1) is 12.8. The summed E-state index contributed by atoms with van der Waals surface area (Å²) >= 11 is 0. The molecule has 0 amide bonds. The average molecular weight is 371 g/mol. The molecule has 27 heavy (non-hydrogen) atoms. The maximum absolute atomic E-state index is 11.4. The number of ether oxygens (including phenoxy) is 1. The molecule has 5 aliphatic rings. The van der Waals surface area contributed by atoms with E-state index in [0.717, 1.165) is 30.6 Å². The Kier molecular flexibility index (Phi) is 3.91. The summed E-state index contributed by atoms with van der Waals surface area (Å²) in [6, 6.07) is 0.887. The number of allylic oxidation sites excluding steroid dienone is 1. The summed E-state index contributed by atoms with van der Waals surface area (Å²) in [6.45, 7) is 8.89. The number of esters is 1. The van der Waals surface area contributed by atoms with Gasteiger partial charge >= 0.3 is 5.97 Å². The Morgan fingerprint density at radius 3 is 2.78 bits per heavy atom. The first-order valence-corrected chi connectivity index (χ1v) is 11.1. The van der Waals surface area contributed by atoms with Crippen molar-refractivity contribution in [3.8, 4) is 0 Å². The van der Waals surface area contributed by atoms with Crippen molar-refractivity contribution in [3.05, 3.63) is 11.6 Å². The minimum Gasteiger partial charge on any atom is -0.462 e. The third-order valence-electron chi connectivity index (χ3n) is 9.42. The van der Waals surface area contributed by atoms with E-state index in [-0.39, 0.29) is 12.1 Å². The van der Waals surface area contributed by atoms with Gasteiger partial charge in [-0.15, -0.1) is 0 Å². The molecule has 3 saturated carbocycles. The highest BCUT2D eigenvalue weighted by Crippen LogP contribution is 2.68. The lowest BCUT2D eigenvalue weighted by Gasteiger charge is -2.58. The number of rotatable bonds is 1. The maximum Gasteiger partial charge on any atom is 0.302 e. The standard InChI is InChI=1S/C23H34N2O2/c1-13-21-20(25-24-13)12-19-17-6-5-15-11-16(27-14(2)26)7-9-22(15,3)18(17)8-10-23(19,21)4/h5,13,16-21H,6-12H2,1-4H3/t13-,16-,17+,18-,19-,20-,21-,22-,23-/m0/s1. The highest BCUT2D eigenvalue weighted by Gasteiger charge is 2.63. The molecule has 0 bridgehead atoms. The highest BCUT2D eigenvalue weighted by molar-refractivity contribution is 5.66. The Morgan fingerprint density at radius 2 is 2.00 bits per heavy atom. The number of nitrogens with zero attached hydrogens (tertiary/aromatic N) is 2. The van der Waals surface area contributed by atoms with Gasteiger partial charge in [-0.2, -0.15) is 10.2 Å². The molecule has 3 fully saturated rings. The summed E-state index contributed by atoms with van der Waals surface area (Å²) in [5, 5.41) is 9.23. The predicted octanol–water partition coefficient (Wildman–Crippen LogP) is 5.33. The van der Waals surface area contributed by atoms with Crippen LogP contribution in [0.15, 0.2) is 21.9 Å². The van der Waals surface area contributed by atoms with Gasteiger partial charge in [-0.3, -0.25) is 4.79 Å². The van der Waals surface area contributed by atoms with Crippen LogP contribution >= 0.6 is 0 Å². The Morgan fingerprint density at radius 1 is 1.19 bits per heavy atom. The van der Waals surface area contributed by atoms with E-state index >= 15 is 0 Å². The van der Waals surface area contributed by atoms with E-state index in [2.05, 4.69) is 37.1 Å². The molecule has 0 radical (unpaired) electrons. The predicted molar refractivity (Wildman–Crippen MR) is 104 cm³/mol. The molecule has 0 unspecified atom stereocenters. The second-order valence-corrected chi connectivity index (χ2v) is 10.6. The van der Waals surface area contributed by atoms with Crippen molar-refractivity contribution in [2.24, 2.45) is 44.7 Å². The number of azo groups is 1. The zero-order valence-corrected chi connectivity index (χ0v) is 17.3. The van der Waals surface area contributed by atoms with Crippen molar-refractivity contribution in [1.29, 1.82) is 0 Å². The molecule has 0 aromatic carbocycles. The van der Waals surface area contributed by atoms with Crippen molar-refractivity contribution >= 4 is 5.97 Å². The van der Waals surface area contributed by atoms with Gasteiger partial charge in [0.1, 0.15) is 6.10 Å². The molecular weight excluding hydrogens is 336 g/mol. The third-order valence-corrected chi connectivity index (χ3v) is 9.42. The molecule has 1 heterocycles. The lowest BCUT2D eigenvalue weighted by atomic mass is 9.47. The molecule has 0 saturated heterocycles. The molecule has 0 spiro atoms. The lowest BCUT2D eigenvalue weighted by Crippen LogP contribution is -2.51. The van der Waals surface area contributed by atoms with E-state index in [1.807, 2.05) is 0 Å². The summed E-state index contributed by atoms with van der Waals surface area (Å²) in [6.07, 6.45) is 10.9. The average Bonchev–Trinajstić information content (AvgIpc) is 3.12. The first kappa shape index (κ1) is 17.9. The van der Waals surface area contributed by atoms with Crippen LogP contribution in [0.5, 0.6) is 0 Å². The van der Waals surface area contributed by atoms with Crippen molar-refractivity contribution in [1.82, 2.24) is 0 Å². The number of carbonyl (C=O) groups excluding carboxylic acids is 1. The van der Waals surface area contributed by atoms with Crippen LogP contribution in [0.25, 0.3) is 0 Å². The number of hydrogen-bond acceptors (Lipinski definition) is 4. The summed E-state index contributed by atoms with van der Waals surface area (Å²) < 4.78 is 5.57. The molecule has 0 N–H and O–H groups in total. The summed E-state index contributed by atoms with van der Waals surface area (Å²) in [7, 11) is 0. The van der Waals surface area contributed by atoms with Gasteiger partial charge in [0.2, 0.25) is 0 Å². The molecule has 0 aromatic heterocycles. The minimum absolute atomic E-state index is 0.0966. The van der Waals surface area contributed by atoms with Gasteiger partial charge in [0.15, 0.2) is 0 Å². The highest BCUT2D eigenvalue weighted by atomic mass is 16.5. The van der Waals surface area contributed by atoms with Gasteiger partial charge in [0, 0.05) is 19.3 Å². The van der Waals surface area contributed by atoms with Crippen molar-refractivity contribution < 1.29 is 9.53 Å². The normalized spacial score (nSPS) is 53.0. The molecule has 4 heteroatoms. The quantitative estimate of drug-likeness (QED) is 0.463. The largest absolute Gasteiger partial charge is 0.462 e. The second kappa shape index (κ2) is 5.90. The van der Waals surface area contributed by atoms with Gasteiger partial charge in [-0.1, -0.05) is 25.5 Å². The summed E-state index contributed by atoms with van der Waals surface area (Å²) in [5.74, 6) is 2.93. The fourth-order valence-corrected chi connectivity index (χ4v) is 8.27. The topological polar surface area (TPSA) is 51.0 Å². The van der Waals surface area contributed by atoms with E-state index in [1.165, 1.54) is 39.0 Å². The molecule has 9 atom stereocenters. The van der Waals surface area contributed by atoms with Crippen LogP contribution in [0.4, 0.5) is 0 Å². The zero-order valence-electron chi connectivity index (χ0n) is 17.3. The van der Waals surface area contributed by atoms with Gasteiger partial charge in [-0.05, 0) is 74.0 Å². The van der Waals surface area contributed by atoms with E-state index in [4.69, 9.17) is 4.74 Å². The lowest BCUT2D eigenvalue weighted by molar-refractivity contribution is -0.148. The maximum atomic E-state index is 11.4. The smallest absolute Gasteiger partial charge is 0.302 e. The van der Waals surface area contributed by atoms with Crippen LogP contribution in [0.2, 0.25) is 0 Å². The van der Waals surface area contributed by atoms with E-state index < -0.39 is 0 Å². The summed E-state index contributed by atoms with van der Waals surface area (Å²) in [4.78, 5) is 11.4. The molecule has 148 valence electrons. The van der Waals surface area contributed by atoms with Crippen LogP contribution in [-0.4, -0.2) is 24.2 Å². The summed E-state index contributed by atoms with van der Waals surface area (Å²) in [5.41, 5.74) is 2.31. The monoisotopic (exact) mass is 370 g/mol. The molecule has 4 nitrogen and oxygen atoms in total. The number of carbonyl (C=O) groups is 1. The fraction of sp³-hybridized carbons (Fsp3) is 0.870. The van der Waals surface area contributed by atoms with Crippen molar-refractivity contribution in [2.75, 3.05) is 0 Å². The van der Waals surface area contributed by atoms with Crippen molar-refractivity contribution in [2.45, 2.75) is 90.8 Å². The van der Waals surface area contributed by atoms with E-state index in [9.17, 15) is 4.79 Å². The van der Waals surface area contributed by atoms with Crippen LogP contribution in [0.3, 0.4) is 0 Å². The number of hydrogen-bond donors (Lipinski definition) is 0. The zero-order chi connectivity index (χ0) is 19.0. The molecule has 4 aliphatic carbocycles. The van der Waals surface area contributed by atoms with Gasteiger partial charge < -0.3 is 4.74 Å². The molecule has 1 aliphatic heterocycles. The third kappa shape index (κ3) is 2.43. The fourth-order valence-electron chi connectivity index (χ4n) is 8.27. The Balaban J connectivity index is 1.42. The molecule has 0 aromatic rings. The van der Waals surface area contributed by atoms with E-state index in [0.29, 0.717) is 28.8 Å². The van der Waals surface area contributed by atoms with Crippen LogP contribution < -0.4 is 0 Å². The minimum atomic E-state index is -0.132. The van der Waals surface area contributed by atoms with Crippen LogP contribution in [0.1, 0.15) is 72.6 Å².